The first-order valence-electron chi connectivity index (χ1n) is 10.5. The number of amides is 1. The summed E-state index contributed by atoms with van der Waals surface area (Å²) in [7, 11) is 0. The van der Waals surface area contributed by atoms with Gasteiger partial charge in [-0.1, -0.05) is 24.3 Å². The molecule has 0 radical (unpaired) electrons. The van der Waals surface area contributed by atoms with Crippen LogP contribution < -0.4 is 0 Å². The molecule has 1 amide bonds. The van der Waals surface area contributed by atoms with Gasteiger partial charge in [-0.3, -0.25) is 9.78 Å². The van der Waals surface area contributed by atoms with Crippen molar-refractivity contribution in [3.8, 4) is 5.69 Å². The molecule has 3 aromatic rings. The van der Waals surface area contributed by atoms with Gasteiger partial charge in [0.2, 0.25) is 5.91 Å². The van der Waals surface area contributed by atoms with Gasteiger partial charge in [0.05, 0.1) is 36.1 Å². The average Bonchev–Trinajstić information content (AvgIpc) is 3.38. The molecule has 0 aliphatic carbocycles. The molecule has 1 aliphatic heterocycles. The summed E-state index contributed by atoms with van der Waals surface area (Å²) in [6.07, 6.45) is 4.24. The molecule has 0 N–H and O–H groups in total. The molecule has 4 rings (SSSR count). The highest BCUT2D eigenvalue weighted by Crippen LogP contribution is 2.21. The predicted molar refractivity (Wildman–Crippen MR) is 115 cm³/mol. The lowest BCUT2D eigenvalue weighted by Gasteiger charge is -2.25. The predicted octanol–water partition coefficient (Wildman–Crippen LogP) is 3.63. The third-order valence-corrected chi connectivity index (χ3v) is 5.65. The standard InChI is InChI=1S/C24H28N4O2/c1-18-23(19(2)28(26-18)21-10-4-3-5-11-21)15-24(29)27(17-22-12-8-14-30-22)16-20-9-6-7-13-25-20/h3-7,9-11,13,22H,8,12,14-17H2,1-2H3/t22-/m1/s1. The molecular formula is C24H28N4O2. The summed E-state index contributed by atoms with van der Waals surface area (Å²) >= 11 is 0. The maximum atomic E-state index is 13.4. The van der Waals surface area contributed by atoms with Crippen LogP contribution in [0.1, 0.15) is 35.5 Å². The van der Waals surface area contributed by atoms with E-state index >= 15 is 0 Å². The summed E-state index contributed by atoms with van der Waals surface area (Å²) in [5.41, 5.74) is 4.77. The Morgan fingerprint density at radius 2 is 1.97 bits per heavy atom. The Morgan fingerprint density at radius 3 is 2.67 bits per heavy atom. The molecule has 156 valence electrons. The first-order chi connectivity index (χ1) is 14.6. The number of aryl methyl sites for hydroxylation is 1. The lowest BCUT2D eigenvalue weighted by molar-refractivity contribution is -0.132. The average molecular weight is 405 g/mol. The number of para-hydroxylation sites is 1. The van der Waals surface area contributed by atoms with Gasteiger partial charge in [-0.25, -0.2) is 4.68 Å². The van der Waals surface area contributed by atoms with E-state index in [2.05, 4.69) is 10.1 Å². The first-order valence-corrected chi connectivity index (χ1v) is 10.5. The highest BCUT2D eigenvalue weighted by Gasteiger charge is 2.25. The van der Waals surface area contributed by atoms with Gasteiger partial charge in [0, 0.05) is 30.6 Å². The quantitative estimate of drug-likeness (QED) is 0.603. The van der Waals surface area contributed by atoms with Crippen molar-refractivity contribution < 1.29 is 9.53 Å². The van der Waals surface area contributed by atoms with E-state index in [1.807, 2.05) is 72.0 Å². The first kappa shape index (κ1) is 20.3. The van der Waals surface area contributed by atoms with Crippen LogP contribution in [0.5, 0.6) is 0 Å². The highest BCUT2D eigenvalue weighted by atomic mass is 16.5. The number of nitrogens with zero attached hydrogens (tertiary/aromatic N) is 4. The topological polar surface area (TPSA) is 60.2 Å². The summed E-state index contributed by atoms with van der Waals surface area (Å²) in [6.45, 7) is 5.86. The van der Waals surface area contributed by atoms with Gasteiger partial charge < -0.3 is 9.64 Å². The number of rotatable bonds is 7. The van der Waals surface area contributed by atoms with Crippen LogP contribution >= 0.6 is 0 Å². The van der Waals surface area contributed by atoms with Crippen molar-refractivity contribution in [2.45, 2.75) is 45.8 Å². The minimum Gasteiger partial charge on any atom is -0.376 e. The van der Waals surface area contributed by atoms with Gasteiger partial charge in [-0.2, -0.15) is 5.10 Å². The van der Waals surface area contributed by atoms with Crippen LogP contribution in [0.3, 0.4) is 0 Å². The fourth-order valence-corrected chi connectivity index (χ4v) is 3.99. The maximum absolute atomic E-state index is 13.4. The van der Waals surface area contributed by atoms with Crippen molar-refractivity contribution in [3.63, 3.8) is 0 Å². The summed E-state index contributed by atoms with van der Waals surface area (Å²) in [5.74, 6) is 0.0787. The molecule has 6 heteroatoms. The smallest absolute Gasteiger partial charge is 0.227 e. The Balaban J connectivity index is 1.55. The zero-order chi connectivity index (χ0) is 20.9. The molecular weight excluding hydrogens is 376 g/mol. The number of aromatic nitrogens is 3. The lowest BCUT2D eigenvalue weighted by atomic mass is 10.1. The molecule has 6 nitrogen and oxygen atoms in total. The number of carbonyl (C=O) groups excluding carboxylic acids is 1. The minimum atomic E-state index is 0.0787. The largest absolute Gasteiger partial charge is 0.376 e. The second kappa shape index (κ2) is 9.22. The van der Waals surface area contributed by atoms with Crippen molar-refractivity contribution in [1.29, 1.82) is 0 Å². The molecule has 1 fully saturated rings. The second-order valence-corrected chi connectivity index (χ2v) is 7.80. The van der Waals surface area contributed by atoms with Crippen molar-refractivity contribution in [2.75, 3.05) is 13.2 Å². The monoisotopic (exact) mass is 404 g/mol. The molecule has 3 heterocycles. The van der Waals surface area contributed by atoms with Crippen LogP contribution in [0.25, 0.3) is 5.69 Å². The Bertz CT molecular complexity index is 979. The number of hydrogen-bond acceptors (Lipinski definition) is 4. The SMILES string of the molecule is Cc1nn(-c2ccccc2)c(C)c1CC(=O)N(Cc1ccccn1)C[C@H]1CCCO1. The number of benzene rings is 1. The number of hydrogen-bond donors (Lipinski definition) is 0. The fraction of sp³-hybridized carbons (Fsp3) is 0.375. The van der Waals surface area contributed by atoms with E-state index in [-0.39, 0.29) is 12.0 Å². The molecule has 30 heavy (non-hydrogen) atoms. The van der Waals surface area contributed by atoms with Crippen molar-refractivity contribution >= 4 is 5.91 Å². The van der Waals surface area contributed by atoms with E-state index in [9.17, 15) is 4.79 Å². The summed E-state index contributed by atoms with van der Waals surface area (Å²) in [5, 5.41) is 4.69. The van der Waals surface area contributed by atoms with Crippen LogP contribution in [-0.4, -0.2) is 44.8 Å². The molecule has 1 aliphatic rings. The third kappa shape index (κ3) is 4.60. The molecule has 1 saturated heterocycles. The Labute approximate surface area is 177 Å². The molecule has 0 unspecified atom stereocenters. The number of pyridine rings is 1. The van der Waals surface area contributed by atoms with Gasteiger partial charge in [-0.05, 0) is 51.0 Å². The van der Waals surface area contributed by atoms with Crippen LogP contribution in [-0.2, 0) is 22.5 Å². The van der Waals surface area contributed by atoms with Gasteiger partial charge in [0.15, 0.2) is 0 Å². The molecule has 0 bridgehead atoms. The van der Waals surface area contributed by atoms with Crippen molar-refractivity contribution in [3.05, 3.63) is 77.4 Å². The van der Waals surface area contributed by atoms with E-state index < -0.39 is 0 Å². The molecule has 2 aromatic heterocycles. The van der Waals surface area contributed by atoms with Crippen LogP contribution in [0.15, 0.2) is 54.7 Å². The van der Waals surface area contributed by atoms with Gasteiger partial charge in [0.25, 0.3) is 0 Å². The lowest BCUT2D eigenvalue weighted by Crippen LogP contribution is -2.38. The fourth-order valence-electron chi connectivity index (χ4n) is 3.99. The molecule has 0 spiro atoms. The summed E-state index contributed by atoms with van der Waals surface area (Å²) < 4.78 is 7.72. The zero-order valence-electron chi connectivity index (χ0n) is 17.6. The number of ether oxygens (including phenoxy) is 1. The zero-order valence-corrected chi connectivity index (χ0v) is 17.6. The van der Waals surface area contributed by atoms with Gasteiger partial charge in [-0.15, -0.1) is 0 Å². The number of carbonyl (C=O) groups is 1. The van der Waals surface area contributed by atoms with Crippen LogP contribution in [0.4, 0.5) is 0 Å². The Morgan fingerprint density at radius 1 is 1.17 bits per heavy atom. The van der Waals surface area contributed by atoms with E-state index in [0.717, 1.165) is 47.8 Å². The van der Waals surface area contributed by atoms with Gasteiger partial charge >= 0.3 is 0 Å². The Kier molecular flexibility index (Phi) is 6.23. The highest BCUT2D eigenvalue weighted by molar-refractivity contribution is 5.79. The van der Waals surface area contributed by atoms with Crippen molar-refractivity contribution in [1.82, 2.24) is 19.7 Å². The van der Waals surface area contributed by atoms with E-state index in [4.69, 9.17) is 4.74 Å². The normalized spacial score (nSPS) is 16.0. The molecule has 1 atom stereocenters. The van der Waals surface area contributed by atoms with Crippen molar-refractivity contribution in [2.24, 2.45) is 0 Å². The van der Waals surface area contributed by atoms with Crippen LogP contribution in [0.2, 0.25) is 0 Å². The summed E-state index contributed by atoms with van der Waals surface area (Å²) in [6, 6.07) is 15.8. The Hall–Kier alpha value is -2.99. The van der Waals surface area contributed by atoms with E-state index in [1.165, 1.54) is 0 Å². The van der Waals surface area contributed by atoms with Crippen LogP contribution in [0, 0.1) is 13.8 Å². The second-order valence-electron chi connectivity index (χ2n) is 7.80. The van der Waals surface area contributed by atoms with E-state index in [0.29, 0.717) is 19.5 Å². The molecule has 1 aromatic carbocycles. The minimum absolute atomic E-state index is 0.0787. The maximum Gasteiger partial charge on any atom is 0.227 e. The van der Waals surface area contributed by atoms with E-state index in [1.54, 1.807) is 6.20 Å². The third-order valence-electron chi connectivity index (χ3n) is 5.65. The molecule has 0 saturated carbocycles. The van der Waals surface area contributed by atoms with Gasteiger partial charge in [0.1, 0.15) is 0 Å². The summed E-state index contributed by atoms with van der Waals surface area (Å²) in [4.78, 5) is 19.7.